The lowest BCUT2D eigenvalue weighted by Gasteiger charge is -2.32. The summed E-state index contributed by atoms with van der Waals surface area (Å²) in [4.78, 5) is 0. The van der Waals surface area contributed by atoms with Crippen LogP contribution in [0.4, 0.5) is 0 Å². The number of hydrogen-bond acceptors (Lipinski definition) is 2. The molecular formula is C31H35BO2. The molecule has 1 fully saturated rings. The second-order valence-corrected chi connectivity index (χ2v) is 9.87. The van der Waals surface area contributed by atoms with Crippen molar-refractivity contribution in [2.75, 3.05) is 0 Å². The van der Waals surface area contributed by atoms with Gasteiger partial charge in [-0.2, -0.15) is 0 Å². The molecule has 34 heavy (non-hydrogen) atoms. The van der Waals surface area contributed by atoms with Gasteiger partial charge in [0.05, 0.1) is 11.2 Å². The Morgan fingerprint density at radius 2 is 1.47 bits per heavy atom. The standard InChI is InChI=1S/C31H35BO2/c1-9-16-21-17-15-20-25(22(21)10-2)28-23(11-3)24(12-4)29(27-19-14-13-18-26(27)28)32-33-30(5,6)31(7,8)34-32/h10-20H,3-4,9H2,1-2,5-8H3/b21-16-,22-10+. The molecule has 0 aliphatic carbocycles. The maximum atomic E-state index is 6.53. The van der Waals surface area contributed by atoms with Gasteiger partial charge in [-0.15, -0.1) is 0 Å². The van der Waals surface area contributed by atoms with E-state index in [9.17, 15) is 0 Å². The van der Waals surface area contributed by atoms with E-state index in [0.717, 1.165) is 33.8 Å². The molecular weight excluding hydrogens is 415 g/mol. The molecule has 2 nitrogen and oxygen atoms in total. The first kappa shape index (κ1) is 24.3. The molecule has 0 unspecified atom stereocenters. The fraction of sp³-hybridized carbons (Fsp3) is 0.290. The van der Waals surface area contributed by atoms with Crippen LogP contribution in [0.25, 0.3) is 46.2 Å². The number of benzene rings is 3. The van der Waals surface area contributed by atoms with E-state index in [-0.39, 0.29) is 0 Å². The van der Waals surface area contributed by atoms with Crippen molar-refractivity contribution in [1.29, 1.82) is 0 Å². The Hall–Kier alpha value is -2.88. The van der Waals surface area contributed by atoms with E-state index >= 15 is 0 Å². The summed E-state index contributed by atoms with van der Waals surface area (Å²) in [5, 5.41) is 4.75. The first-order chi connectivity index (χ1) is 16.2. The van der Waals surface area contributed by atoms with E-state index < -0.39 is 18.3 Å². The molecule has 3 aromatic rings. The smallest absolute Gasteiger partial charge is 0.399 e. The Kier molecular flexibility index (Phi) is 6.46. The van der Waals surface area contributed by atoms with Gasteiger partial charge >= 0.3 is 7.12 Å². The SMILES string of the molecule is C=Cc1c(C=C)c(-c2cccc(=C/CC)/c2=C\C)c2ccccc2c1B1OC(C)(C)C(C)(C)O1. The maximum Gasteiger partial charge on any atom is 0.496 e. The lowest BCUT2D eigenvalue weighted by molar-refractivity contribution is 0.00578. The number of fused-ring (bicyclic) bond motifs is 1. The number of hydrogen-bond donors (Lipinski definition) is 0. The quantitative estimate of drug-likeness (QED) is 0.439. The Morgan fingerprint density at radius 1 is 0.853 bits per heavy atom. The summed E-state index contributed by atoms with van der Waals surface area (Å²) >= 11 is 0. The molecule has 3 heteroatoms. The molecule has 0 saturated carbocycles. The summed E-state index contributed by atoms with van der Waals surface area (Å²) < 4.78 is 13.1. The molecule has 3 aromatic carbocycles. The highest BCUT2D eigenvalue weighted by atomic mass is 16.7. The second-order valence-electron chi connectivity index (χ2n) is 9.87. The monoisotopic (exact) mass is 450 g/mol. The van der Waals surface area contributed by atoms with E-state index in [1.165, 1.54) is 21.6 Å². The van der Waals surface area contributed by atoms with Crippen molar-refractivity contribution >= 4 is 47.7 Å². The molecule has 0 N–H and O–H groups in total. The van der Waals surface area contributed by atoms with Crippen LogP contribution in [0.1, 0.15) is 59.1 Å². The van der Waals surface area contributed by atoms with Gasteiger partial charge < -0.3 is 9.31 Å². The molecule has 0 atom stereocenters. The maximum absolute atomic E-state index is 6.53. The van der Waals surface area contributed by atoms with Crippen LogP contribution in [0, 0.1) is 0 Å². The topological polar surface area (TPSA) is 18.5 Å². The Bertz CT molecular complexity index is 1380. The summed E-state index contributed by atoms with van der Waals surface area (Å²) in [6, 6.07) is 15.1. The third-order valence-electron chi connectivity index (χ3n) is 7.36. The van der Waals surface area contributed by atoms with Crippen LogP contribution < -0.4 is 15.9 Å². The molecule has 4 rings (SSSR count). The molecule has 0 bridgehead atoms. The normalized spacial score (nSPS) is 18.0. The zero-order valence-electron chi connectivity index (χ0n) is 21.4. The minimum Gasteiger partial charge on any atom is -0.399 e. The molecule has 0 amide bonds. The first-order valence-electron chi connectivity index (χ1n) is 12.2. The summed E-state index contributed by atoms with van der Waals surface area (Å²) in [5.41, 5.74) is 4.57. The average molecular weight is 450 g/mol. The second kappa shape index (κ2) is 9.05. The molecule has 0 spiro atoms. The van der Waals surface area contributed by atoms with Gasteiger partial charge in [0, 0.05) is 0 Å². The zero-order chi connectivity index (χ0) is 24.7. The molecule has 1 aliphatic rings. The van der Waals surface area contributed by atoms with Crippen LogP contribution in [-0.2, 0) is 9.31 Å². The molecule has 1 heterocycles. The average Bonchev–Trinajstić information content (AvgIpc) is 3.03. The third kappa shape index (κ3) is 3.77. The van der Waals surface area contributed by atoms with Gasteiger partial charge in [-0.05, 0) is 90.0 Å². The van der Waals surface area contributed by atoms with E-state index in [1.807, 2.05) is 12.2 Å². The highest BCUT2D eigenvalue weighted by molar-refractivity contribution is 6.66. The summed E-state index contributed by atoms with van der Waals surface area (Å²) in [5.74, 6) is 0. The number of rotatable bonds is 5. The van der Waals surface area contributed by atoms with Gasteiger partial charge in [0.25, 0.3) is 0 Å². The van der Waals surface area contributed by atoms with Crippen LogP contribution in [0.5, 0.6) is 0 Å². The highest BCUT2D eigenvalue weighted by Gasteiger charge is 2.52. The lowest BCUT2D eigenvalue weighted by Crippen LogP contribution is -2.41. The van der Waals surface area contributed by atoms with Gasteiger partial charge in [-0.1, -0.05) is 86.9 Å². The highest BCUT2D eigenvalue weighted by Crippen LogP contribution is 2.40. The fourth-order valence-electron chi connectivity index (χ4n) is 4.96. The summed E-state index contributed by atoms with van der Waals surface area (Å²) in [6.07, 6.45) is 9.34. The van der Waals surface area contributed by atoms with Crippen molar-refractivity contribution in [3.8, 4) is 11.1 Å². The minimum absolute atomic E-state index is 0.432. The molecule has 174 valence electrons. The van der Waals surface area contributed by atoms with Crippen molar-refractivity contribution in [2.24, 2.45) is 0 Å². The molecule has 1 aliphatic heterocycles. The van der Waals surface area contributed by atoms with E-state index in [2.05, 4.69) is 109 Å². The molecule has 1 saturated heterocycles. The third-order valence-corrected chi connectivity index (χ3v) is 7.36. The molecule has 0 radical (unpaired) electrons. The van der Waals surface area contributed by atoms with E-state index in [1.54, 1.807) is 0 Å². The first-order valence-corrected chi connectivity index (χ1v) is 12.2. The van der Waals surface area contributed by atoms with Gasteiger partial charge in [-0.25, -0.2) is 0 Å². The van der Waals surface area contributed by atoms with Gasteiger partial charge in [-0.3, -0.25) is 0 Å². The van der Waals surface area contributed by atoms with Gasteiger partial charge in [0.2, 0.25) is 0 Å². The summed E-state index contributed by atoms with van der Waals surface area (Å²) in [6.45, 7) is 21.1. The van der Waals surface area contributed by atoms with Crippen LogP contribution >= 0.6 is 0 Å². The van der Waals surface area contributed by atoms with Crippen LogP contribution in [0.15, 0.2) is 55.6 Å². The van der Waals surface area contributed by atoms with Crippen LogP contribution in [0.2, 0.25) is 0 Å². The predicted molar refractivity (Wildman–Crippen MR) is 149 cm³/mol. The van der Waals surface area contributed by atoms with Crippen LogP contribution in [-0.4, -0.2) is 18.3 Å². The van der Waals surface area contributed by atoms with Gasteiger partial charge in [0.1, 0.15) is 0 Å². The van der Waals surface area contributed by atoms with Gasteiger partial charge in [0.15, 0.2) is 0 Å². The summed E-state index contributed by atoms with van der Waals surface area (Å²) in [7, 11) is -0.493. The van der Waals surface area contributed by atoms with E-state index in [4.69, 9.17) is 9.31 Å². The Balaban J connectivity index is 2.15. The predicted octanol–water partition coefficient (Wildman–Crippen LogP) is 6.08. The molecule has 0 aromatic heterocycles. The Labute approximate surface area is 204 Å². The van der Waals surface area contributed by atoms with Crippen molar-refractivity contribution < 1.29 is 9.31 Å². The van der Waals surface area contributed by atoms with Crippen molar-refractivity contribution in [3.63, 3.8) is 0 Å². The Morgan fingerprint density at radius 3 is 2.03 bits per heavy atom. The fourth-order valence-corrected chi connectivity index (χ4v) is 4.96. The zero-order valence-corrected chi connectivity index (χ0v) is 21.4. The van der Waals surface area contributed by atoms with Crippen molar-refractivity contribution in [2.45, 2.75) is 59.2 Å². The largest absolute Gasteiger partial charge is 0.496 e. The minimum atomic E-state index is -0.493. The lowest BCUT2D eigenvalue weighted by atomic mass is 9.70. The van der Waals surface area contributed by atoms with E-state index in [0.29, 0.717) is 0 Å². The van der Waals surface area contributed by atoms with Crippen molar-refractivity contribution in [3.05, 3.63) is 77.2 Å². The van der Waals surface area contributed by atoms with Crippen LogP contribution in [0.3, 0.4) is 0 Å². The van der Waals surface area contributed by atoms with Crippen molar-refractivity contribution in [1.82, 2.24) is 0 Å².